The van der Waals surface area contributed by atoms with E-state index in [4.69, 9.17) is 10.5 Å². The van der Waals surface area contributed by atoms with Gasteiger partial charge in [-0.15, -0.1) is 0 Å². The summed E-state index contributed by atoms with van der Waals surface area (Å²) in [5.74, 6) is 0. The van der Waals surface area contributed by atoms with Gasteiger partial charge in [-0.1, -0.05) is 0 Å². The summed E-state index contributed by atoms with van der Waals surface area (Å²) in [7, 11) is 1.75. The fourth-order valence-corrected chi connectivity index (χ4v) is 2.43. The highest BCUT2D eigenvalue weighted by molar-refractivity contribution is 7.08. The van der Waals surface area contributed by atoms with Crippen LogP contribution in [0.25, 0.3) is 0 Å². The van der Waals surface area contributed by atoms with Crippen molar-refractivity contribution in [3.63, 3.8) is 0 Å². The largest absolute Gasteiger partial charge is 0.379 e. The van der Waals surface area contributed by atoms with Crippen molar-refractivity contribution < 1.29 is 4.74 Å². The SMILES string of the molecule is COC(C)(C)CCC(N)c1cscc1C. The number of nitrogens with two attached hydrogens (primary N) is 1. The van der Waals surface area contributed by atoms with E-state index in [1.807, 2.05) is 0 Å². The van der Waals surface area contributed by atoms with Crippen LogP contribution in [0.5, 0.6) is 0 Å². The molecule has 1 atom stereocenters. The Labute approximate surface area is 96.4 Å². The molecule has 1 aromatic rings. The number of ether oxygens (including phenoxy) is 1. The van der Waals surface area contributed by atoms with E-state index < -0.39 is 0 Å². The zero-order chi connectivity index (χ0) is 11.5. The Morgan fingerprint density at radius 3 is 2.60 bits per heavy atom. The molecule has 1 aromatic heterocycles. The van der Waals surface area contributed by atoms with Gasteiger partial charge in [0.15, 0.2) is 0 Å². The highest BCUT2D eigenvalue weighted by atomic mass is 32.1. The third-order valence-corrected chi connectivity index (χ3v) is 3.78. The maximum Gasteiger partial charge on any atom is 0.0623 e. The van der Waals surface area contributed by atoms with E-state index in [9.17, 15) is 0 Å². The molecular weight excluding hydrogens is 206 g/mol. The van der Waals surface area contributed by atoms with Crippen LogP contribution in [0.15, 0.2) is 10.8 Å². The van der Waals surface area contributed by atoms with Crippen LogP contribution in [-0.2, 0) is 4.74 Å². The van der Waals surface area contributed by atoms with E-state index in [1.165, 1.54) is 11.1 Å². The Hall–Kier alpha value is -0.380. The number of thiophene rings is 1. The molecule has 0 amide bonds. The highest BCUT2D eigenvalue weighted by Crippen LogP contribution is 2.26. The minimum atomic E-state index is -0.0679. The van der Waals surface area contributed by atoms with Crippen molar-refractivity contribution >= 4 is 11.3 Å². The molecule has 2 nitrogen and oxygen atoms in total. The summed E-state index contributed by atoms with van der Waals surface area (Å²) in [5.41, 5.74) is 8.68. The molecule has 0 fully saturated rings. The second-order valence-electron chi connectivity index (χ2n) is 4.62. The standard InChI is InChI=1S/C12H21NOS/c1-9-7-15-8-10(9)11(13)5-6-12(2,3)14-4/h7-8,11H,5-6,13H2,1-4H3. The first-order valence-corrected chi connectivity index (χ1v) is 6.24. The van der Waals surface area contributed by atoms with E-state index in [0.717, 1.165) is 12.8 Å². The highest BCUT2D eigenvalue weighted by Gasteiger charge is 2.19. The first-order valence-electron chi connectivity index (χ1n) is 5.29. The first-order chi connectivity index (χ1) is 6.96. The fraction of sp³-hybridized carbons (Fsp3) is 0.667. The molecule has 15 heavy (non-hydrogen) atoms. The van der Waals surface area contributed by atoms with Gasteiger partial charge in [-0.2, -0.15) is 11.3 Å². The quantitative estimate of drug-likeness (QED) is 0.838. The molecule has 86 valence electrons. The van der Waals surface area contributed by atoms with E-state index in [0.29, 0.717) is 0 Å². The summed E-state index contributed by atoms with van der Waals surface area (Å²) in [5, 5.41) is 4.30. The minimum Gasteiger partial charge on any atom is -0.379 e. The monoisotopic (exact) mass is 227 g/mol. The summed E-state index contributed by atoms with van der Waals surface area (Å²) in [6.45, 7) is 6.31. The van der Waals surface area contributed by atoms with Crippen LogP contribution in [0.4, 0.5) is 0 Å². The normalized spacial score (nSPS) is 14.2. The molecule has 1 heterocycles. The molecule has 1 rings (SSSR count). The van der Waals surface area contributed by atoms with Crippen LogP contribution in [0.1, 0.15) is 43.9 Å². The third-order valence-electron chi connectivity index (χ3n) is 2.90. The zero-order valence-corrected chi connectivity index (χ0v) is 10.9. The van der Waals surface area contributed by atoms with Gasteiger partial charge in [-0.25, -0.2) is 0 Å². The van der Waals surface area contributed by atoms with Gasteiger partial charge in [0.2, 0.25) is 0 Å². The van der Waals surface area contributed by atoms with Gasteiger partial charge in [0.05, 0.1) is 5.60 Å². The molecule has 0 radical (unpaired) electrons. The van der Waals surface area contributed by atoms with E-state index in [1.54, 1.807) is 18.4 Å². The lowest BCUT2D eigenvalue weighted by atomic mass is 9.95. The average Bonchev–Trinajstić information content (AvgIpc) is 2.61. The van der Waals surface area contributed by atoms with Crippen LogP contribution in [-0.4, -0.2) is 12.7 Å². The Morgan fingerprint density at radius 2 is 2.13 bits per heavy atom. The van der Waals surface area contributed by atoms with Crippen LogP contribution >= 0.6 is 11.3 Å². The van der Waals surface area contributed by atoms with E-state index in [2.05, 4.69) is 31.5 Å². The van der Waals surface area contributed by atoms with Crippen molar-refractivity contribution in [3.05, 3.63) is 21.9 Å². The lowest BCUT2D eigenvalue weighted by Crippen LogP contribution is -2.24. The van der Waals surface area contributed by atoms with Crippen LogP contribution in [0, 0.1) is 6.92 Å². The minimum absolute atomic E-state index is 0.0679. The van der Waals surface area contributed by atoms with Crippen molar-refractivity contribution in [2.75, 3.05) is 7.11 Å². The van der Waals surface area contributed by atoms with Gasteiger partial charge in [0.1, 0.15) is 0 Å². The summed E-state index contributed by atoms with van der Waals surface area (Å²) >= 11 is 1.72. The molecule has 0 spiro atoms. The van der Waals surface area contributed by atoms with Crippen molar-refractivity contribution in [3.8, 4) is 0 Å². The first kappa shape index (κ1) is 12.7. The molecule has 0 saturated carbocycles. The predicted molar refractivity (Wildman–Crippen MR) is 66.3 cm³/mol. The molecular formula is C12H21NOS. The summed E-state index contributed by atoms with van der Waals surface area (Å²) < 4.78 is 5.38. The Bertz CT molecular complexity index is 306. The van der Waals surface area contributed by atoms with Crippen molar-refractivity contribution in [1.82, 2.24) is 0 Å². The number of hydrogen-bond donors (Lipinski definition) is 1. The molecule has 3 heteroatoms. The molecule has 0 aliphatic rings. The zero-order valence-electron chi connectivity index (χ0n) is 10.0. The number of rotatable bonds is 5. The van der Waals surface area contributed by atoms with Gasteiger partial charge >= 0.3 is 0 Å². The van der Waals surface area contributed by atoms with Gasteiger partial charge in [0, 0.05) is 13.2 Å². The summed E-state index contributed by atoms with van der Waals surface area (Å²) in [6, 6.07) is 0.144. The molecule has 2 N–H and O–H groups in total. The third kappa shape index (κ3) is 3.59. The predicted octanol–water partition coefficient (Wildman–Crippen LogP) is 3.26. The Kier molecular flexibility index (Phi) is 4.32. The smallest absolute Gasteiger partial charge is 0.0623 e. The number of methoxy groups -OCH3 is 1. The van der Waals surface area contributed by atoms with Crippen LogP contribution < -0.4 is 5.73 Å². The van der Waals surface area contributed by atoms with Gasteiger partial charge in [0.25, 0.3) is 0 Å². The second-order valence-corrected chi connectivity index (χ2v) is 5.36. The van der Waals surface area contributed by atoms with Crippen LogP contribution in [0.2, 0.25) is 0 Å². The molecule has 1 unspecified atom stereocenters. The lowest BCUT2D eigenvalue weighted by Gasteiger charge is -2.24. The van der Waals surface area contributed by atoms with E-state index >= 15 is 0 Å². The average molecular weight is 227 g/mol. The number of hydrogen-bond acceptors (Lipinski definition) is 3. The Morgan fingerprint density at radius 1 is 1.47 bits per heavy atom. The maximum absolute atomic E-state index is 6.15. The number of aryl methyl sites for hydroxylation is 1. The van der Waals surface area contributed by atoms with Crippen molar-refractivity contribution in [2.45, 2.75) is 45.3 Å². The molecule has 0 aromatic carbocycles. The molecule has 0 aliphatic carbocycles. The second kappa shape index (κ2) is 5.10. The molecule has 0 aliphatic heterocycles. The van der Waals surface area contributed by atoms with Gasteiger partial charge in [-0.05, 0) is 55.5 Å². The van der Waals surface area contributed by atoms with E-state index in [-0.39, 0.29) is 11.6 Å². The van der Waals surface area contributed by atoms with Gasteiger partial charge < -0.3 is 10.5 Å². The van der Waals surface area contributed by atoms with Crippen LogP contribution in [0.3, 0.4) is 0 Å². The summed E-state index contributed by atoms with van der Waals surface area (Å²) in [6.07, 6.45) is 1.96. The Balaban J connectivity index is 2.50. The van der Waals surface area contributed by atoms with Crippen molar-refractivity contribution in [1.29, 1.82) is 0 Å². The lowest BCUT2D eigenvalue weighted by molar-refractivity contribution is 0.0125. The maximum atomic E-state index is 6.15. The topological polar surface area (TPSA) is 35.2 Å². The fourth-order valence-electron chi connectivity index (χ4n) is 1.51. The summed E-state index contributed by atoms with van der Waals surface area (Å²) in [4.78, 5) is 0. The molecule has 0 saturated heterocycles. The van der Waals surface area contributed by atoms with Crippen molar-refractivity contribution in [2.24, 2.45) is 5.73 Å². The molecule has 0 bridgehead atoms. The van der Waals surface area contributed by atoms with Gasteiger partial charge in [-0.3, -0.25) is 0 Å².